The average molecular weight is 314 g/mol. The third-order valence-electron chi connectivity index (χ3n) is 2.62. The largest absolute Gasteiger partial charge is 0.282 e. The molecule has 106 valence electrons. The van der Waals surface area contributed by atoms with Gasteiger partial charge < -0.3 is 0 Å². The van der Waals surface area contributed by atoms with E-state index in [9.17, 15) is 21.2 Å². The van der Waals surface area contributed by atoms with Gasteiger partial charge in [0.25, 0.3) is 17.7 Å². The lowest BCUT2D eigenvalue weighted by molar-refractivity contribution is 0.582. The van der Waals surface area contributed by atoms with Gasteiger partial charge in [-0.3, -0.25) is 0 Å². The highest BCUT2D eigenvalue weighted by Gasteiger charge is 2.31. The fourth-order valence-corrected chi connectivity index (χ4v) is 5.22. The van der Waals surface area contributed by atoms with Gasteiger partial charge >= 0.3 is 0 Å². The summed E-state index contributed by atoms with van der Waals surface area (Å²) in [6.07, 6.45) is 0. The van der Waals surface area contributed by atoms with E-state index in [0.29, 0.717) is 0 Å². The van der Waals surface area contributed by atoms with Gasteiger partial charge in [-0.05, 0) is 29.8 Å². The maximum Gasteiger partial charge on any atom is 0.282 e. The van der Waals surface area contributed by atoms with Crippen LogP contribution in [0.5, 0.6) is 0 Å². The summed E-state index contributed by atoms with van der Waals surface area (Å²) < 4.78 is 60.9. The highest BCUT2D eigenvalue weighted by atomic mass is 33.2. The van der Waals surface area contributed by atoms with Crippen LogP contribution in [0.15, 0.2) is 59.5 Å². The van der Waals surface area contributed by atoms with E-state index in [-0.39, 0.29) is 10.5 Å². The normalized spacial score (nSPS) is 12.2. The van der Waals surface area contributed by atoms with Crippen molar-refractivity contribution in [3.05, 3.63) is 66.0 Å². The van der Waals surface area contributed by atoms with Crippen LogP contribution < -0.4 is 0 Å². The van der Waals surface area contributed by atoms with Crippen LogP contribution in [0.3, 0.4) is 0 Å². The molecule has 7 heteroatoms. The molecule has 0 atom stereocenters. The number of hydrogen-bond donors (Lipinski definition) is 0. The molecule has 2 aromatic carbocycles. The molecule has 0 saturated carbocycles. The summed E-state index contributed by atoms with van der Waals surface area (Å²) in [5.74, 6) is -1.21. The van der Waals surface area contributed by atoms with Crippen molar-refractivity contribution in [2.24, 2.45) is 0 Å². The van der Waals surface area contributed by atoms with E-state index in [4.69, 9.17) is 0 Å². The minimum Gasteiger partial charge on any atom is -0.212 e. The van der Waals surface area contributed by atoms with E-state index in [1.165, 1.54) is 36.4 Å². The SMILES string of the molecule is O=S(=O)(Cc1ccc(F)cc1)S(=O)(=O)c1ccccc1. The molecule has 20 heavy (non-hydrogen) atoms. The van der Waals surface area contributed by atoms with Gasteiger partial charge in [0.2, 0.25) is 0 Å². The first-order chi connectivity index (χ1) is 9.33. The predicted octanol–water partition coefficient (Wildman–Crippen LogP) is 2.13. The lowest BCUT2D eigenvalue weighted by Crippen LogP contribution is -2.17. The van der Waals surface area contributed by atoms with Crippen molar-refractivity contribution >= 4 is 17.7 Å². The Balaban J connectivity index is 2.38. The second-order valence-electron chi connectivity index (χ2n) is 4.10. The van der Waals surface area contributed by atoms with Crippen molar-refractivity contribution in [3.8, 4) is 0 Å². The van der Waals surface area contributed by atoms with Crippen molar-refractivity contribution in [3.63, 3.8) is 0 Å². The predicted molar refractivity (Wildman–Crippen MR) is 72.7 cm³/mol. The Labute approximate surface area is 116 Å². The molecule has 2 aromatic rings. The van der Waals surface area contributed by atoms with Crippen molar-refractivity contribution < 1.29 is 21.2 Å². The van der Waals surface area contributed by atoms with E-state index >= 15 is 0 Å². The summed E-state index contributed by atoms with van der Waals surface area (Å²) in [5.41, 5.74) is 0.214. The maximum absolute atomic E-state index is 12.8. The van der Waals surface area contributed by atoms with Gasteiger partial charge in [-0.2, -0.15) is 0 Å². The van der Waals surface area contributed by atoms with Crippen LogP contribution in [0.25, 0.3) is 0 Å². The molecule has 0 spiro atoms. The molecule has 0 bridgehead atoms. The summed E-state index contributed by atoms with van der Waals surface area (Å²) in [5, 5.41) is 0. The van der Waals surface area contributed by atoms with Crippen LogP contribution in [0.1, 0.15) is 5.56 Å². The molecule has 2 rings (SSSR count). The molecule has 0 aliphatic rings. The molecular weight excluding hydrogens is 303 g/mol. The summed E-state index contributed by atoms with van der Waals surface area (Å²) in [6, 6.07) is 11.6. The quantitative estimate of drug-likeness (QED) is 0.811. The average Bonchev–Trinajstić information content (AvgIpc) is 2.42. The van der Waals surface area contributed by atoms with Gasteiger partial charge in [-0.25, -0.2) is 21.2 Å². The van der Waals surface area contributed by atoms with E-state index in [2.05, 4.69) is 0 Å². The van der Waals surface area contributed by atoms with E-state index in [1.807, 2.05) is 0 Å². The van der Waals surface area contributed by atoms with Crippen LogP contribution >= 0.6 is 0 Å². The van der Waals surface area contributed by atoms with Gasteiger partial charge in [0.05, 0.1) is 10.6 Å². The minimum absolute atomic E-state index is 0.214. The zero-order chi connectivity index (χ0) is 14.8. The molecule has 0 radical (unpaired) electrons. The van der Waals surface area contributed by atoms with Crippen LogP contribution in [-0.2, 0) is 23.5 Å². The fourth-order valence-electron chi connectivity index (χ4n) is 1.60. The molecular formula is C13H11FO4S2. The minimum atomic E-state index is -4.47. The van der Waals surface area contributed by atoms with Gasteiger partial charge in [-0.15, -0.1) is 0 Å². The maximum atomic E-state index is 12.8. The Morgan fingerprint density at radius 3 is 1.90 bits per heavy atom. The van der Waals surface area contributed by atoms with Crippen molar-refractivity contribution in [2.75, 3.05) is 0 Å². The Bertz CT molecular complexity index is 795. The fraction of sp³-hybridized carbons (Fsp3) is 0.0769. The number of hydrogen-bond acceptors (Lipinski definition) is 4. The summed E-state index contributed by atoms with van der Waals surface area (Å²) >= 11 is 0. The standard InChI is InChI=1S/C13H11FO4S2/c14-12-8-6-11(7-9-12)10-19(15,16)20(17,18)13-4-2-1-3-5-13/h1-9H,10H2. The molecule has 0 aliphatic carbocycles. The van der Waals surface area contributed by atoms with Crippen LogP contribution in [0.2, 0.25) is 0 Å². The Kier molecular flexibility index (Phi) is 3.92. The van der Waals surface area contributed by atoms with Crippen molar-refractivity contribution in [1.29, 1.82) is 0 Å². The third kappa shape index (κ3) is 2.88. The lowest BCUT2D eigenvalue weighted by atomic mass is 10.2. The topological polar surface area (TPSA) is 68.3 Å². The second-order valence-corrected chi connectivity index (χ2v) is 9.72. The molecule has 0 N–H and O–H groups in total. The Hall–Kier alpha value is -1.73. The summed E-state index contributed by atoms with van der Waals surface area (Å²) in [4.78, 5) is -0.276. The molecule has 0 aliphatic heterocycles. The van der Waals surface area contributed by atoms with E-state index in [1.54, 1.807) is 6.07 Å². The second kappa shape index (κ2) is 5.34. The molecule has 0 unspecified atom stereocenters. The first-order valence-corrected chi connectivity index (χ1v) is 9.25. The van der Waals surface area contributed by atoms with Gasteiger partial charge in [0, 0.05) is 0 Å². The highest BCUT2D eigenvalue weighted by Crippen LogP contribution is 2.20. The molecule has 0 aromatic heterocycles. The molecule has 0 amide bonds. The highest BCUT2D eigenvalue weighted by molar-refractivity contribution is 8.66. The van der Waals surface area contributed by atoms with Crippen molar-refractivity contribution in [2.45, 2.75) is 10.6 Å². The van der Waals surface area contributed by atoms with Crippen LogP contribution in [-0.4, -0.2) is 16.8 Å². The Morgan fingerprint density at radius 1 is 0.800 bits per heavy atom. The Morgan fingerprint density at radius 2 is 1.35 bits per heavy atom. The number of halogens is 1. The molecule has 0 fully saturated rings. The molecule has 0 heterocycles. The van der Waals surface area contributed by atoms with Gasteiger partial charge in [0.1, 0.15) is 5.82 Å². The first-order valence-electron chi connectivity index (χ1n) is 5.60. The first kappa shape index (κ1) is 14.7. The molecule has 0 saturated heterocycles. The number of benzene rings is 2. The zero-order valence-electron chi connectivity index (χ0n) is 10.2. The monoisotopic (exact) mass is 314 g/mol. The molecule has 4 nitrogen and oxygen atoms in total. The van der Waals surface area contributed by atoms with Crippen molar-refractivity contribution in [1.82, 2.24) is 0 Å². The zero-order valence-corrected chi connectivity index (χ0v) is 11.9. The number of rotatable bonds is 4. The van der Waals surface area contributed by atoms with Crippen LogP contribution in [0, 0.1) is 5.82 Å². The lowest BCUT2D eigenvalue weighted by Gasteiger charge is -2.06. The van der Waals surface area contributed by atoms with Crippen LogP contribution in [0.4, 0.5) is 4.39 Å². The van der Waals surface area contributed by atoms with E-state index < -0.39 is 29.3 Å². The van der Waals surface area contributed by atoms with Gasteiger partial charge in [0.15, 0.2) is 0 Å². The smallest absolute Gasteiger partial charge is 0.212 e. The van der Waals surface area contributed by atoms with E-state index in [0.717, 1.165) is 12.1 Å². The third-order valence-corrected chi connectivity index (χ3v) is 7.76. The summed E-state index contributed by atoms with van der Waals surface area (Å²) in [7, 11) is -8.90. The summed E-state index contributed by atoms with van der Waals surface area (Å²) in [6.45, 7) is 0. The van der Waals surface area contributed by atoms with Gasteiger partial charge in [-0.1, -0.05) is 30.3 Å².